The number of hydrogen-bond acceptors (Lipinski definition) is 5. The number of hydrogen-bond donors (Lipinski definition) is 2. The maximum absolute atomic E-state index is 13.2. The van der Waals surface area contributed by atoms with Gasteiger partial charge in [-0.15, -0.1) is 0 Å². The Labute approximate surface area is 223 Å². The van der Waals surface area contributed by atoms with Crippen molar-refractivity contribution in [2.75, 3.05) is 16.8 Å². The molecule has 2 amide bonds. The second-order valence-electron chi connectivity index (χ2n) is 9.60. The number of rotatable bonds is 7. The number of nitrogens with zero attached hydrogens (tertiary/aromatic N) is 3. The van der Waals surface area contributed by atoms with Crippen LogP contribution in [0.2, 0.25) is 0 Å². The summed E-state index contributed by atoms with van der Waals surface area (Å²) in [5.74, 6) is 0.399. The van der Waals surface area contributed by atoms with Crippen LogP contribution in [0.5, 0.6) is 0 Å². The topological polar surface area (TPSA) is 87.2 Å². The van der Waals surface area contributed by atoms with Crippen molar-refractivity contribution in [2.45, 2.75) is 33.6 Å². The van der Waals surface area contributed by atoms with Crippen LogP contribution in [0.3, 0.4) is 0 Å². The fourth-order valence-corrected chi connectivity index (χ4v) is 5.37. The SMILES string of the molecule is CC=C/C=C\C1=C(C)NC(=O)C12Cc1ccc(Nc3cc(C(=O)N(CC)c4ccccc4)ncn3)cc1C2. The Bertz CT molecular complexity index is 1470. The lowest BCUT2D eigenvalue weighted by Crippen LogP contribution is -2.34. The molecule has 38 heavy (non-hydrogen) atoms. The molecule has 1 aromatic heterocycles. The number of amides is 2. The molecular weight excluding hydrogens is 474 g/mol. The van der Waals surface area contributed by atoms with Crippen LogP contribution >= 0.6 is 0 Å². The normalized spacial score (nSPS) is 18.4. The highest BCUT2D eigenvalue weighted by molar-refractivity contribution is 6.05. The summed E-state index contributed by atoms with van der Waals surface area (Å²) in [7, 11) is 0. The predicted molar refractivity (Wildman–Crippen MR) is 150 cm³/mol. The molecule has 2 heterocycles. The average molecular weight is 506 g/mol. The van der Waals surface area contributed by atoms with Crippen LogP contribution in [-0.4, -0.2) is 28.3 Å². The second kappa shape index (κ2) is 10.5. The highest BCUT2D eigenvalue weighted by Gasteiger charge is 2.50. The van der Waals surface area contributed by atoms with Gasteiger partial charge in [0.1, 0.15) is 17.8 Å². The maximum atomic E-state index is 13.2. The third-order valence-corrected chi connectivity index (χ3v) is 7.20. The molecule has 1 unspecified atom stereocenters. The van der Waals surface area contributed by atoms with Crippen molar-refractivity contribution in [3.05, 3.63) is 113 Å². The molecule has 1 spiro atoms. The van der Waals surface area contributed by atoms with Crippen LogP contribution in [0.1, 0.15) is 42.4 Å². The van der Waals surface area contributed by atoms with E-state index in [0.717, 1.165) is 33.8 Å². The fourth-order valence-electron chi connectivity index (χ4n) is 5.37. The van der Waals surface area contributed by atoms with Gasteiger partial charge in [-0.1, -0.05) is 48.6 Å². The monoisotopic (exact) mass is 505 g/mol. The number of fused-ring (bicyclic) bond motifs is 1. The first kappa shape index (κ1) is 25.1. The standard InChI is InChI=1S/C31H31N5O2/c1-4-6-8-13-26-21(3)34-30(38)31(26)18-22-14-15-24(16-23(22)19-31)35-28-17-27(32-20-33-28)29(37)36(5-2)25-11-9-7-10-12-25/h4,6-17,20H,5,18-19H2,1-3H3,(H,34,38)(H,32,33,35)/b6-4?,13-8-. The van der Waals surface area contributed by atoms with Gasteiger partial charge in [-0.25, -0.2) is 9.97 Å². The van der Waals surface area contributed by atoms with Gasteiger partial charge in [0.2, 0.25) is 5.91 Å². The number of benzene rings is 2. The molecule has 1 aliphatic carbocycles. The van der Waals surface area contributed by atoms with E-state index < -0.39 is 5.41 Å². The van der Waals surface area contributed by atoms with Gasteiger partial charge in [0, 0.05) is 29.7 Å². The minimum absolute atomic E-state index is 0.0543. The van der Waals surface area contributed by atoms with Crippen molar-refractivity contribution < 1.29 is 9.59 Å². The van der Waals surface area contributed by atoms with Crippen molar-refractivity contribution in [2.24, 2.45) is 5.41 Å². The molecule has 2 aromatic carbocycles. The fraction of sp³-hybridized carbons (Fsp3) is 0.226. The first-order valence-electron chi connectivity index (χ1n) is 12.8. The van der Waals surface area contributed by atoms with Crippen LogP contribution in [0.25, 0.3) is 0 Å². The number of aromatic nitrogens is 2. The van der Waals surface area contributed by atoms with Gasteiger partial charge in [-0.3, -0.25) is 9.59 Å². The number of nitrogens with one attached hydrogen (secondary N) is 2. The van der Waals surface area contributed by atoms with Gasteiger partial charge in [0.05, 0.1) is 5.41 Å². The van der Waals surface area contributed by atoms with Gasteiger partial charge >= 0.3 is 0 Å². The van der Waals surface area contributed by atoms with Crippen LogP contribution in [0, 0.1) is 5.41 Å². The zero-order valence-electron chi connectivity index (χ0n) is 21.9. The molecule has 0 radical (unpaired) electrons. The van der Waals surface area contributed by atoms with E-state index >= 15 is 0 Å². The number of para-hydroxylation sites is 1. The van der Waals surface area contributed by atoms with Crippen molar-refractivity contribution >= 4 is 29.0 Å². The average Bonchev–Trinajstić information content (AvgIpc) is 3.41. The third kappa shape index (κ3) is 4.63. The lowest BCUT2D eigenvalue weighted by Gasteiger charge is -2.22. The largest absolute Gasteiger partial charge is 0.340 e. The maximum Gasteiger partial charge on any atom is 0.277 e. The molecule has 0 saturated heterocycles. The number of carbonyl (C=O) groups is 2. The van der Waals surface area contributed by atoms with E-state index in [4.69, 9.17) is 0 Å². The summed E-state index contributed by atoms with van der Waals surface area (Å²) in [6, 6.07) is 17.3. The molecule has 192 valence electrons. The van der Waals surface area contributed by atoms with Crippen LogP contribution in [0.4, 0.5) is 17.2 Å². The summed E-state index contributed by atoms with van der Waals surface area (Å²) in [5.41, 5.74) is 5.65. The van der Waals surface area contributed by atoms with E-state index in [-0.39, 0.29) is 11.8 Å². The Kier molecular flexibility index (Phi) is 6.92. The van der Waals surface area contributed by atoms with E-state index in [1.807, 2.05) is 81.5 Å². The molecule has 1 atom stereocenters. The van der Waals surface area contributed by atoms with Gasteiger partial charge in [-0.2, -0.15) is 0 Å². The predicted octanol–water partition coefficient (Wildman–Crippen LogP) is 5.51. The zero-order chi connectivity index (χ0) is 26.7. The van der Waals surface area contributed by atoms with Crippen LogP contribution in [-0.2, 0) is 17.6 Å². The smallest absolute Gasteiger partial charge is 0.277 e. The van der Waals surface area contributed by atoms with Crippen LogP contribution in [0.15, 0.2) is 96.5 Å². The molecule has 0 saturated carbocycles. The molecular formula is C31H31N5O2. The molecule has 2 aliphatic rings. The quantitative estimate of drug-likeness (QED) is 0.414. The third-order valence-electron chi connectivity index (χ3n) is 7.20. The Morgan fingerprint density at radius 1 is 1.08 bits per heavy atom. The van der Waals surface area contributed by atoms with E-state index in [1.165, 1.54) is 6.33 Å². The summed E-state index contributed by atoms with van der Waals surface area (Å²) in [4.78, 5) is 36.6. The molecule has 7 heteroatoms. The molecule has 1 aliphatic heterocycles. The molecule has 0 fully saturated rings. The van der Waals surface area contributed by atoms with Crippen molar-refractivity contribution in [1.29, 1.82) is 0 Å². The lowest BCUT2D eigenvalue weighted by molar-refractivity contribution is -0.126. The Morgan fingerprint density at radius 2 is 1.87 bits per heavy atom. The number of anilines is 3. The van der Waals surface area contributed by atoms with Crippen molar-refractivity contribution in [3.63, 3.8) is 0 Å². The number of carbonyl (C=O) groups excluding carboxylic acids is 2. The van der Waals surface area contributed by atoms with Crippen molar-refractivity contribution in [1.82, 2.24) is 15.3 Å². The molecule has 0 bridgehead atoms. The highest BCUT2D eigenvalue weighted by Crippen LogP contribution is 2.47. The van der Waals surface area contributed by atoms with E-state index in [2.05, 4.69) is 32.7 Å². The van der Waals surface area contributed by atoms with Crippen LogP contribution < -0.4 is 15.5 Å². The van der Waals surface area contributed by atoms with Gasteiger partial charge in [0.15, 0.2) is 0 Å². The molecule has 2 N–H and O–H groups in total. The highest BCUT2D eigenvalue weighted by atomic mass is 16.2. The lowest BCUT2D eigenvalue weighted by atomic mass is 9.78. The van der Waals surface area contributed by atoms with Gasteiger partial charge < -0.3 is 15.5 Å². The summed E-state index contributed by atoms with van der Waals surface area (Å²) in [5, 5.41) is 6.38. The molecule has 7 nitrogen and oxygen atoms in total. The minimum Gasteiger partial charge on any atom is -0.340 e. The Balaban J connectivity index is 1.36. The van der Waals surface area contributed by atoms with E-state index in [9.17, 15) is 9.59 Å². The van der Waals surface area contributed by atoms with Gasteiger partial charge in [0.25, 0.3) is 5.91 Å². The van der Waals surface area contributed by atoms with E-state index in [0.29, 0.717) is 30.9 Å². The molecule has 3 aromatic rings. The summed E-state index contributed by atoms with van der Waals surface area (Å²) in [6.45, 7) is 6.39. The Hall–Kier alpha value is -4.52. The first-order chi connectivity index (χ1) is 18.4. The first-order valence-corrected chi connectivity index (χ1v) is 12.8. The summed E-state index contributed by atoms with van der Waals surface area (Å²) in [6.07, 6.45) is 10.7. The summed E-state index contributed by atoms with van der Waals surface area (Å²) < 4.78 is 0. The Morgan fingerprint density at radius 3 is 2.63 bits per heavy atom. The minimum atomic E-state index is -0.585. The summed E-state index contributed by atoms with van der Waals surface area (Å²) >= 11 is 0. The number of allylic oxidation sites excluding steroid dienone is 5. The zero-order valence-corrected chi connectivity index (χ0v) is 21.9. The van der Waals surface area contributed by atoms with Crippen molar-refractivity contribution in [3.8, 4) is 0 Å². The van der Waals surface area contributed by atoms with E-state index in [1.54, 1.807) is 11.0 Å². The second-order valence-corrected chi connectivity index (χ2v) is 9.60. The molecule has 5 rings (SSSR count). The van der Waals surface area contributed by atoms with Gasteiger partial charge in [-0.05, 0) is 74.6 Å².